The molecule has 1 atom stereocenters. The summed E-state index contributed by atoms with van der Waals surface area (Å²) in [6.07, 6.45) is 0.375. The van der Waals surface area contributed by atoms with Gasteiger partial charge in [0.15, 0.2) is 0 Å². The highest BCUT2D eigenvalue weighted by molar-refractivity contribution is 5.79. The Morgan fingerprint density at radius 3 is 2.61 bits per heavy atom. The zero-order valence-corrected chi connectivity index (χ0v) is 13.3. The van der Waals surface area contributed by atoms with E-state index in [2.05, 4.69) is 15.3 Å². The van der Waals surface area contributed by atoms with Crippen LogP contribution in [0, 0.1) is 13.8 Å². The van der Waals surface area contributed by atoms with Gasteiger partial charge in [-0.05, 0) is 25.8 Å². The van der Waals surface area contributed by atoms with E-state index in [-0.39, 0.29) is 30.5 Å². The van der Waals surface area contributed by atoms with Gasteiger partial charge in [0.25, 0.3) is 5.56 Å². The molecule has 0 aliphatic heterocycles. The minimum absolute atomic E-state index is 0.0362. The highest BCUT2D eigenvalue weighted by Crippen LogP contribution is 2.16. The van der Waals surface area contributed by atoms with E-state index in [9.17, 15) is 14.7 Å². The molecule has 0 fully saturated rings. The Kier molecular flexibility index (Phi) is 5.65. The normalized spacial score (nSPS) is 12.0. The summed E-state index contributed by atoms with van der Waals surface area (Å²) in [5, 5.41) is 12.1. The number of aliphatic hydroxyl groups excluding tert-OH is 1. The molecule has 3 N–H and O–H groups in total. The number of aryl methyl sites for hydroxylation is 2. The minimum Gasteiger partial charge on any atom is -0.396 e. The van der Waals surface area contributed by atoms with Crippen LogP contribution >= 0.6 is 0 Å². The van der Waals surface area contributed by atoms with Gasteiger partial charge in [0.1, 0.15) is 5.82 Å². The standard InChI is InChI=1S/C17H21N3O3/c1-11-14(17(23)19-12(2)18-11)10-16(22)20-15(8-9-21)13-6-4-3-5-7-13/h3-7,15,21H,8-10H2,1-2H3,(H,20,22)(H,18,19,23). The average Bonchev–Trinajstić information content (AvgIpc) is 2.51. The lowest BCUT2D eigenvalue weighted by Crippen LogP contribution is -2.32. The van der Waals surface area contributed by atoms with Crippen molar-refractivity contribution in [3.05, 3.63) is 63.3 Å². The van der Waals surface area contributed by atoms with Gasteiger partial charge in [-0.15, -0.1) is 0 Å². The van der Waals surface area contributed by atoms with Gasteiger partial charge >= 0.3 is 0 Å². The first kappa shape index (κ1) is 16.9. The number of carbonyl (C=O) groups excluding carboxylic acids is 1. The second-order valence-electron chi connectivity index (χ2n) is 5.44. The summed E-state index contributed by atoms with van der Waals surface area (Å²) in [7, 11) is 0. The summed E-state index contributed by atoms with van der Waals surface area (Å²) < 4.78 is 0. The number of nitrogens with zero attached hydrogens (tertiary/aromatic N) is 1. The predicted molar refractivity (Wildman–Crippen MR) is 87.1 cm³/mol. The molecule has 1 aromatic carbocycles. The maximum Gasteiger partial charge on any atom is 0.254 e. The molecule has 0 saturated heterocycles. The van der Waals surface area contributed by atoms with Gasteiger partial charge in [0, 0.05) is 17.9 Å². The molecule has 0 bridgehead atoms. The molecule has 122 valence electrons. The summed E-state index contributed by atoms with van der Waals surface area (Å²) in [5.74, 6) is 0.255. The van der Waals surface area contributed by atoms with Crippen LogP contribution in [0.2, 0.25) is 0 Å². The number of H-pyrrole nitrogens is 1. The first-order valence-corrected chi connectivity index (χ1v) is 7.53. The van der Waals surface area contributed by atoms with Gasteiger partial charge in [-0.3, -0.25) is 9.59 Å². The number of hydrogen-bond acceptors (Lipinski definition) is 4. The van der Waals surface area contributed by atoms with E-state index >= 15 is 0 Å². The molecule has 0 radical (unpaired) electrons. The van der Waals surface area contributed by atoms with Gasteiger partial charge in [0.05, 0.1) is 12.5 Å². The van der Waals surface area contributed by atoms with Crippen LogP contribution in [0.4, 0.5) is 0 Å². The molecule has 0 saturated carbocycles. The molecule has 23 heavy (non-hydrogen) atoms. The topological polar surface area (TPSA) is 95.1 Å². The van der Waals surface area contributed by atoms with Crippen LogP contribution in [0.15, 0.2) is 35.1 Å². The Morgan fingerprint density at radius 2 is 2.00 bits per heavy atom. The predicted octanol–water partition coefficient (Wildman–Crippen LogP) is 1.17. The third-order valence-corrected chi connectivity index (χ3v) is 3.63. The van der Waals surface area contributed by atoms with Crippen molar-refractivity contribution in [3.8, 4) is 0 Å². The zero-order valence-electron chi connectivity index (χ0n) is 13.3. The molecule has 1 unspecified atom stereocenters. The maximum atomic E-state index is 12.3. The van der Waals surface area contributed by atoms with Gasteiger partial charge in [0.2, 0.25) is 5.91 Å². The van der Waals surface area contributed by atoms with Gasteiger partial charge < -0.3 is 15.4 Å². The number of hydrogen-bond donors (Lipinski definition) is 3. The van der Waals surface area contributed by atoms with Crippen LogP contribution in [0.1, 0.15) is 35.1 Å². The Morgan fingerprint density at radius 1 is 1.30 bits per heavy atom. The Balaban J connectivity index is 2.13. The quantitative estimate of drug-likeness (QED) is 0.745. The molecule has 6 heteroatoms. The number of carbonyl (C=O) groups is 1. The molecule has 1 heterocycles. The SMILES string of the molecule is Cc1nc(C)c(CC(=O)NC(CCO)c2ccccc2)c(=O)[nH]1. The van der Waals surface area contributed by atoms with Crippen LogP contribution in [0.25, 0.3) is 0 Å². The van der Waals surface area contributed by atoms with Crippen LogP contribution in [-0.4, -0.2) is 27.6 Å². The third-order valence-electron chi connectivity index (χ3n) is 3.63. The molecular weight excluding hydrogens is 294 g/mol. The molecule has 2 aromatic rings. The number of amides is 1. The highest BCUT2D eigenvalue weighted by atomic mass is 16.3. The summed E-state index contributed by atoms with van der Waals surface area (Å²) in [6, 6.07) is 9.15. The first-order valence-electron chi connectivity index (χ1n) is 7.53. The van der Waals surface area contributed by atoms with Crippen molar-refractivity contribution in [1.29, 1.82) is 0 Å². The van der Waals surface area contributed by atoms with Crippen molar-refractivity contribution >= 4 is 5.91 Å². The van der Waals surface area contributed by atoms with Crippen LogP contribution in [-0.2, 0) is 11.2 Å². The highest BCUT2D eigenvalue weighted by Gasteiger charge is 2.17. The Labute approximate surface area is 134 Å². The fraction of sp³-hybridized carbons (Fsp3) is 0.353. The lowest BCUT2D eigenvalue weighted by atomic mass is 10.0. The minimum atomic E-state index is -0.288. The van der Waals surface area contributed by atoms with Crippen LogP contribution in [0.3, 0.4) is 0 Å². The molecule has 6 nitrogen and oxygen atoms in total. The Bertz CT molecular complexity index is 726. The van der Waals surface area contributed by atoms with E-state index in [0.717, 1.165) is 5.56 Å². The summed E-state index contributed by atoms with van der Waals surface area (Å²) in [6.45, 7) is 3.38. The molecule has 2 rings (SSSR count). The monoisotopic (exact) mass is 315 g/mol. The zero-order chi connectivity index (χ0) is 16.8. The molecule has 0 aliphatic rings. The smallest absolute Gasteiger partial charge is 0.254 e. The number of nitrogens with one attached hydrogen (secondary N) is 2. The van der Waals surface area contributed by atoms with Crippen LogP contribution < -0.4 is 10.9 Å². The van der Waals surface area contributed by atoms with Crippen molar-refractivity contribution < 1.29 is 9.90 Å². The second-order valence-corrected chi connectivity index (χ2v) is 5.44. The lowest BCUT2D eigenvalue weighted by Gasteiger charge is -2.18. The van der Waals surface area contributed by atoms with E-state index in [1.165, 1.54) is 0 Å². The van der Waals surface area contributed by atoms with Crippen molar-refractivity contribution in [1.82, 2.24) is 15.3 Å². The van der Waals surface area contributed by atoms with Crippen molar-refractivity contribution in [2.45, 2.75) is 32.7 Å². The van der Waals surface area contributed by atoms with E-state index in [1.807, 2.05) is 30.3 Å². The van der Waals surface area contributed by atoms with Gasteiger partial charge in [-0.2, -0.15) is 0 Å². The Hall–Kier alpha value is -2.47. The van der Waals surface area contributed by atoms with Crippen molar-refractivity contribution in [2.24, 2.45) is 0 Å². The van der Waals surface area contributed by atoms with Gasteiger partial charge in [-0.25, -0.2) is 4.98 Å². The molecule has 1 aromatic heterocycles. The maximum absolute atomic E-state index is 12.3. The third kappa shape index (κ3) is 4.50. The number of aliphatic hydroxyl groups is 1. The second kappa shape index (κ2) is 7.69. The largest absolute Gasteiger partial charge is 0.396 e. The fourth-order valence-corrected chi connectivity index (χ4v) is 2.50. The molecule has 0 spiro atoms. The van der Waals surface area contributed by atoms with E-state index < -0.39 is 0 Å². The number of rotatable bonds is 6. The van der Waals surface area contributed by atoms with Crippen molar-refractivity contribution in [3.63, 3.8) is 0 Å². The average molecular weight is 315 g/mol. The van der Waals surface area contributed by atoms with E-state index in [4.69, 9.17) is 0 Å². The number of aromatic nitrogens is 2. The number of benzene rings is 1. The van der Waals surface area contributed by atoms with E-state index in [1.54, 1.807) is 13.8 Å². The first-order chi connectivity index (χ1) is 11.0. The van der Waals surface area contributed by atoms with Gasteiger partial charge in [-0.1, -0.05) is 30.3 Å². The molecule has 1 amide bonds. The summed E-state index contributed by atoms with van der Waals surface area (Å²) in [5.41, 5.74) is 1.55. The van der Waals surface area contributed by atoms with Crippen LogP contribution in [0.5, 0.6) is 0 Å². The fourth-order valence-electron chi connectivity index (χ4n) is 2.50. The summed E-state index contributed by atoms with van der Waals surface area (Å²) >= 11 is 0. The summed E-state index contributed by atoms with van der Waals surface area (Å²) in [4.78, 5) is 31.0. The van der Waals surface area contributed by atoms with E-state index in [0.29, 0.717) is 23.5 Å². The number of aromatic amines is 1. The molecular formula is C17H21N3O3. The lowest BCUT2D eigenvalue weighted by molar-refractivity contribution is -0.121. The van der Waals surface area contributed by atoms with Crippen molar-refractivity contribution in [2.75, 3.05) is 6.61 Å². The molecule has 0 aliphatic carbocycles.